The first-order valence-electron chi connectivity index (χ1n) is 29.7. The average molecular weight is 1350 g/mol. The zero-order chi connectivity index (χ0) is 66.3. The van der Waals surface area contributed by atoms with E-state index in [2.05, 4.69) is 29.1 Å². The van der Waals surface area contributed by atoms with Crippen molar-refractivity contribution in [3.63, 3.8) is 0 Å². The zero-order valence-corrected chi connectivity index (χ0v) is 56.3. The molecule has 4 aromatic rings. The van der Waals surface area contributed by atoms with Gasteiger partial charge in [0, 0.05) is 0 Å². The number of aliphatic hydroxyl groups excluding tert-OH is 2. The van der Waals surface area contributed by atoms with Crippen molar-refractivity contribution in [1.82, 2.24) is 19.6 Å². The van der Waals surface area contributed by atoms with E-state index in [1.165, 1.54) is 62.8 Å². The Morgan fingerprint density at radius 1 is 0.626 bits per heavy atom. The van der Waals surface area contributed by atoms with Crippen molar-refractivity contribution in [2.45, 2.75) is 139 Å². The molecule has 4 aliphatic heterocycles. The van der Waals surface area contributed by atoms with Crippen molar-refractivity contribution in [2.24, 2.45) is 28.2 Å². The van der Waals surface area contributed by atoms with Gasteiger partial charge >= 0.3 is 18.3 Å². The normalized spacial score (nSPS) is 20.9. The lowest BCUT2D eigenvalue weighted by Gasteiger charge is -2.30. The zero-order valence-electron chi connectivity index (χ0n) is 52.6. The first kappa shape index (κ1) is 74.4. The van der Waals surface area contributed by atoms with Crippen molar-refractivity contribution in [1.29, 1.82) is 0 Å². The second-order valence-corrected chi connectivity index (χ2v) is 28.3. The Morgan fingerprint density at radius 3 is 1.42 bits per heavy atom. The third kappa shape index (κ3) is 23.7. The SMILES string of the molecule is COc1ccc(S(=O)(=O)N(C[C@@H](O)[C@H](Cc2ccccc2)NC(=O)OC(C)(C)C)OCC(C)C)cc1.COc1ccc(S(=O)(=O)N(C[C@@H](O)[C@H](Cc2ccccc2)NC(=O)OC2CO[C@H]3OCC[C@@H]23)OCC(C)C)cc1.O=C(OP=NP)O[C@H]1CO[C@H]2OCC[C@H]21. The summed E-state index contributed by atoms with van der Waals surface area (Å²) in [7, 11) is -3.00. The van der Waals surface area contributed by atoms with Gasteiger partial charge in [-0.05, 0) is 127 Å². The fraction of sp³-hybridized carbons (Fsp3) is 0.557. The maximum absolute atomic E-state index is 13.5. The topological polar surface area (TPSA) is 314 Å². The molecule has 0 radical (unpaired) electrons. The highest BCUT2D eigenvalue weighted by Gasteiger charge is 2.46. The number of aliphatic hydroxyl groups is 2. The minimum absolute atomic E-state index is 0.0148. The van der Waals surface area contributed by atoms with Crippen LogP contribution in [0.4, 0.5) is 14.4 Å². The highest BCUT2D eigenvalue weighted by atomic mass is 32.2. The molecule has 0 bridgehead atoms. The van der Waals surface area contributed by atoms with Crippen LogP contribution in [0, 0.1) is 23.7 Å². The molecule has 504 valence electrons. The van der Waals surface area contributed by atoms with Crippen LogP contribution < -0.4 is 20.1 Å². The van der Waals surface area contributed by atoms with Gasteiger partial charge in [0.05, 0.1) is 113 Å². The molecule has 2 unspecified atom stereocenters. The molecule has 26 nitrogen and oxygen atoms in total. The molecule has 4 fully saturated rings. The van der Waals surface area contributed by atoms with Crippen LogP contribution in [0.5, 0.6) is 11.5 Å². The molecule has 0 aromatic heterocycles. The second-order valence-electron chi connectivity index (χ2n) is 23.4. The van der Waals surface area contributed by atoms with Crippen molar-refractivity contribution in [3.05, 3.63) is 120 Å². The van der Waals surface area contributed by atoms with Gasteiger partial charge in [0.25, 0.3) is 28.6 Å². The van der Waals surface area contributed by atoms with Crippen molar-refractivity contribution in [3.8, 4) is 11.5 Å². The van der Waals surface area contributed by atoms with Crippen molar-refractivity contribution in [2.75, 3.05) is 67.0 Å². The molecule has 4 saturated heterocycles. The summed E-state index contributed by atoms with van der Waals surface area (Å²) in [6, 6.07) is 28.6. The Kier molecular flexibility index (Phi) is 29.5. The third-order valence-electron chi connectivity index (χ3n) is 14.2. The molecule has 11 atom stereocenters. The van der Waals surface area contributed by atoms with Gasteiger partial charge in [-0.25, -0.2) is 35.7 Å². The van der Waals surface area contributed by atoms with Gasteiger partial charge in [0.15, 0.2) is 12.6 Å². The highest BCUT2D eigenvalue weighted by Crippen LogP contribution is 2.35. The molecular formula is C61H87N5O21P2S2. The van der Waals surface area contributed by atoms with E-state index in [0.717, 1.165) is 32.9 Å². The summed E-state index contributed by atoms with van der Waals surface area (Å²) in [5.41, 5.74) is 0.953. The lowest BCUT2D eigenvalue weighted by molar-refractivity contribution is -0.115. The van der Waals surface area contributed by atoms with E-state index in [-0.39, 0.29) is 93.4 Å². The van der Waals surface area contributed by atoms with E-state index >= 15 is 0 Å². The lowest BCUT2D eigenvalue weighted by atomic mass is 10.0. The van der Waals surface area contributed by atoms with Crippen LogP contribution in [-0.4, -0.2) is 176 Å². The number of alkyl carbamates (subject to hydrolysis) is 2. The minimum Gasteiger partial charge on any atom is -0.497 e. The summed E-state index contributed by atoms with van der Waals surface area (Å²) in [6.45, 7) is 13.9. The van der Waals surface area contributed by atoms with Crippen LogP contribution in [0.1, 0.15) is 72.4 Å². The number of carbonyl (C=O) groups is 3. The Labute approximate surface area is 537 Å². The molecule has 4 aliphatic rings. The van der Waals surface area contributed by atoms with Gasteiger partial charge in [-0.15, -0.1) is 0 Å². The number of nitrogens with zero attached hydrogens (tertiary/aromatic N) is 3. The van der Waals surface area contributed by atoms with Crippen LogP contribution in [0.2, 0.25) is 0 Å². The molecule has 30 heteroatoms. The molecule has 4 N–H and O–H groups in total. The van der Waals surface area contributed by atoms with Gasteiger partial charge < -0.3 is 68.0 Å². The maximum Gasteiger partial charge on any atom is 0.518 e. The van der Waals surface area contributed by atoms with Gasteiger partial charge in [-0.1, -0.05) is 97.3 Å². The fourth-order valence-electron chi connectivity index (χ4n) is 9.58. The molecule has 4 aromatic carbocycles. The van der Waals surface area contributed by atoms with Crippen LogP contribution >= 0.6 is 18.0 Å². The fourth-order valence-corrected chi connectivity index (χ4v) is 12.4. The number of hydrogen-bond donors (Lipinski definition) is 4. The average Bonchev–Trinajstić information content (AvgIpc) is 1.73. The molecule has 0 spiro atoms. The molecule has 2 amide bonds. The monoisotopic (exact) mass is 1350 g/mol. The van der Waals surface area contributed by atoms with E-state index in [9.17, 15) is 41.4 Å². The van der Waals surface area contributed by atoms with Crippen LogP contribution in [0.25, 0.3) is 0 Å². The van der Waals surface area contributed by atoms with Crippen LogP contribution in [-0.2, 0) is 80.2 Å². The number of amides is 2. The first-order valence-corrected chi connectivity index (χ1v) is 33.9. The summed E-state index contributed by atoms with van der Waals surface area (Å²) < 4.78 is 112. The number of methoxy groups -OCH3 is 2. The van der Waals surface area contributed by atoms with Gasteiger partial charge in [0.2, 0.25) is 0 Å². The summed E-state index contributed by atoms with van der Waals surface area (Å²) in [5.74, 6) is 1.17. The standard InChI is InChI=1S/C28H38N2O9S.C26H38N2O7S.C7H11NO5P2/c1-19(2)17-38-30(40(33,34)22-11-9-21(35-3)10-12-22)16-25(31)24(15-20-7-5-4-6-8-20)29-28(32)39-26-18-37-27-23(26)13-14-36-27;1-19(2)18-34-28(36(31,32)22-14-12-21(33-6)13-15-22)17-24(29)23(16-20-10-8-7-9-11-20)27-25(30)35-26(3,4)5;9-7(13-15-8-14)12-5-3-11-6-4(5)1-2-10-6/h4-12,19,23-27,31H,13-18H2,1-3H3,(H,29,32);7-15,19,23-24,29H,16-18H2,1-6H3,(H,27,30);4-6H,1-3,14H2/t23-,24-,25+,26?,27+;23-,24+;4-,5-,6+/m000/s1. The number of carbonyl (C=O) groups excluding carboxylic acids is 3. The summed E-state index contributed by atoms with van der Waals surface area (Å²) in [4.78, 5) is 47.9. The molecule has 0 saturated carbocycles. The highest BCUT2D eigenvalue weighted by molar-refractivity contribution is 7.89. The van der Waals surface area contributed by atoms with Crippen LogP contribution in [0.15, 0.2) is 124 Å². The van der Waals surface area contributed by atoms with Crippen molar-refractivity contribution >= 4 is 56.4 Å². The van der Waals surface area contributed by atoms with Gasteiger partial charge in [0.1, 0.15) is 29.3 Å². The number of rotatable bonds is 27. The number of sulfonamides is 2. The van der Waals surface area contributed by atoms with E-state index in [0.29, 0.717) is 31.3 Å². The van der Waals surface area contributed by atoms with Crippen LogP contribution in [0.3, 0.4) is 0 Å². The quantitative estimate of drug-likeness (QED) is 0.0189. The maximum atomic E-state index is 13.5. The number of ether oxygens (including phenoxy) is 9. The first-order chi connectivity index (χ1) is 43.3. The number of nitrogens with one attached hydrogen (secondary N) is 2. The Balaban J connectivity index is 0.000000237. The molecule has 91 heavy (non-hydrogen) atoms. The smallest absolute Gasteiger partial charge is 0.497 e. The predicted octanol–water partition coefficient (Wildman–Crippen LogP) is 8.24. The lowest BCUT2D eigenvalue weighted by Crippen LogP contribution is -2.51. The molecule has 0 aliphatic carbocycles. The Bertz CT molecular complexity index is 3120. The number of fused-ring (bicyclic) bond motifs is 2. The number of hydroxylamine groups is 2. The van der Waals surface area contributed by atoms with E-state index in [4.69, 9.17) is 52.3 Å². The third-order valence-corrected chi connectivity index (χ3v) is 18.1. The summed E-state index contributed by atoms with van der Waals surface area (Å²) in [6.07, 6.45) is -4.06. The minimum atomic E-state index is -4.16. The Hall–Kier alpha value is -5.68. The largest absolute Gasteiger partial charge is 0.518 e. The number of benzene rings is 4. The van der Waals surface area contributed by atoms with E-state index in [1.807, 2.05) is 88.4 Å². The second kappa shape index (κ2) is 36.1. The summed E-state index contributed by atoms with van der Waals surface area (Å²) >= 11 is 0. The molecule has 8 rings (SSSR count). The van der Waals surface area contributed by atoms with Gasteiger partial charge in [-0.3, -0.25) is 9.68 Å². The Morgan fingerprint density at radius 2 is 1.03 bits per heavy atom. The summed E-state index contributed by atoms with van der Waals surface area (Å²) in [5, 5.41) is 27.9. The van der Waals surface area contributed by atoms with E-state index in [1.54, 1.807) is 20.8 Å². The van der Waals surface area contributed by atoms with E-state index < -0.39 is 87.5 Å². The molecular weight excluding hydrogens is 1260 g/mol. The predicted molar refractivity (Wildman–Crippen MR) is 336 cm³/mol. The van der Waals surface area contributed by atoms with Crippen molar-refractivity contribution < 1.29 is 98.3 Å². The van der Waals surface area contributed by atoms with Gasteiger partial charge in [-0.2, -0.15) is 0 Å². The number of hydrogen-bond acceptors (Lipinski definition) is 22. The molecule has 4 heterocycles.